The largest absolute Gasteiger partial charge is 0.342 e. The zero-order valence-electron chi connectivity index (χ0n) is 13.0. The van der Waals surface area contributed by atoms with Crippen LogP contribution in [0.1, 0.15) is 35.5 Å². The van der Waals surface area contributed by atoms with E-state index in [1.54, 1.807) is 24.4 Å². The Bertz CT molecular complexity index is 792. The van der Waals surface area contributed by atoms with Crippen molar-refractivity contribution in [2.75, 3.05) is 0 Å². The zero-order chi connectivity index (χ0) is 17.7. The van der Waals surface area contributed by atoms with Crippen molar-refractivity contribution in [3.05, 3.63) is 58.6 Å². The Morgan fingerprint density at radius 3 is 2.54 bits per heavy atom. The molecule has 0 fully saturated rings. The number of carbonyl (C=O) groups is 1. The van der Waals surface area contributed by atoms with E-state index in [1.807, 2.05) is 0 Å². The van der Waals surface area contributed by atoms with Crippen LogP contribution in [-0.2, 0) is 0 Å². The van der Waals surface area contributed by atoms with Crippen LogP contribution in [0.15, 0.2) is 36.7 Å². The van der Waals surface area contributed by atoms with Crippen molar-refractivity contribution in [1.29, 1.82) is 0 Å². The van der Waals surface area contributed by atoms with Crippen LogP contribution in [0.3, 0.4) is 0 Å². The molecule has 7 heteroatoms. The number of hydrogen-bond donors (Lipinski definition) is 1. The zero-order valence-corrected chi connectivity index (χ0v) is 13.7. The van der Waals surface area contributed by atoms with Gasteiger partial charge in [0.1, 0.15) is 10.8 Å². The Morgan fingerprint density at radius 2 is 1.96 bits per heavy atom. The molecular formula is C17H14ClF2N3O. The Hall–Kier alpha value is -2.52. The summed E-state index contributed by atoms with van der Waals surface area (Å²) in [5, 5.41) is 2.55. The summed E-state index contributed by atoms with van der Waals surface area (Å²) in [6.45, 7) is 1.98. The van der Waals surface area contributed by atoms with E-state index in [0.29, 0.717) is 16.3 Å². The van der Waals surface area contributed by atoms with Crippen LogP contribution in [0.5, 0.6) is 0 Å². The molecule has 0 unspecified atom stereocenters. The first-order valence-electron chi connectivity index (χ1n) is 7.04. The quantitative estimate of drug-likeness (QED) is 0.683. The fourth-order valence-electron chi connectivity index (χ4n) is 1.62. The fourth-order valence-corrected chi connectivity index (χ4v) is 1.80. The summed E-state index contributed by atoms with van der Waals surface area (Å²) in [5.74, 6) is 2.09. The number of pyridine rings is 2. The molecule has 0 aliphatic heterocycles. The lowest BCUT2D eigenvalue weighted by Crippen LogP contribution is -2.44. The van der Waals surface area contributed by atoms with Crippen molar-refractivity contribution >= 4 is 17.5 Å². The Kier molecular flexibility index (Phi) is 5.47. The Labute approximate surface area is 143 Å². The summed E-state index contributed by atoms with van der Waals surface area (Å²) in [7, 11) is 0. The maximum absolute atomic E-state index is 13.1. The molecule has 0 radical (unpaired) electrons. The normalized spacial score (nSPS) is 12.0. The molecule has 0 saturated carbocycles. The molecule has 124 valence electrons. The highest BCUT2D eigenvalue weighted by atomic mass is 35.5. The summed E-state index contributed by atoms with van der Waals surface area (Å²) >= 11 is 5.77. The molecular weight excluding hydrogens is 336 g/mol. The van der Waals surface area contributed by atoms with Crippen LogP contribution < -0.4 is 5.32 Å². The van der Waals surface area contributed by atoms with Crippen molar-refractivity contribution in [2.24, 2.45) is 0 Å². The van der Waals surface area contributed by atoms with Gasteiger partial charge in [0.15, 0.2) is 0 Å². The van der Waals surface area contributed by atoms with Gasteiger partial charge in [-0.05, 0) is 31.2 Å². The SMILES string of the molecule is C[C@@H](NC(=O)c1ccc(C#Cc2ccnc(Cl)c2)cn1)C(C)(F)F. The summed E-state index contributed by atoms with van der Waals surface area (Å²) < 4.78 is 26.2. The van der Waals surface area contributed by atoms with Gasteiger partial charge >= 0.3 is 0 Å². The second kappa shape index (κ2) is 7.37. The molecule has 4 nitrogen and oxygen atoms in total. The number of carbonyl (C=O) groups excluding carboxylic acids is 1. The average Bonchev–Trinajstić information content (AvgIpc) is 2.52. The number of rotatable bonds is 3. The van der Waals surface area contributed by atoms with Crippen molar-refractivity contribution in [3.8, 4) is 11.8 Å². The van der Waals surface area contributed by atoms with Gasteiger partial charge in [-0.3, -0.25) is 4.79 Å². The van der Waals surface area contributed by atoms with Gasteiger partial charge < -0.3 is 5.32 Å². The van der Waals surface area contributed by atoms with E-state index in [-0.39, 0.29) is 5.69 Å². The van der Waals surface area contributed by atoms with E-state index >= 15 is 0 Å². The van der Waals surface area contributed by atoms with Crippen LogP contribution >= 0.6 is 11.6 Å². The van der Waals surface area contributed by atoms with Crippen LogP contribution in [0.25, 0.3) is 0 Å². The van der Waals surface area contributed by atoms with Crippen molar-refractivity contribution in [2.45, 2.75) is 25.8 Å². The third-order valence-corrected chi connectivity index (χ3v) is 3.39. The van der Waals surface area contributed by atoms with Gasteiger partial charge in [-0.2, -0.15) is 0 Å². The second-order valence-corrected chi connectivity index (χ2v) is 5.59. The highest BCUT2D eigenvalue weighted by Gasteiger charge is 2.31. The van der Waals surface area contributed by atoms with Crippen LogP contribution in [0.2, 0.25) is 5.15 Å². The van der Waals surface area contributed by atoms with Crippen molar-refractivity contribution in [1.82, 2.24) is 15.3 Å². The number of hydrogen-bond acceptors (Lipinski definition) is 3. The minimum absolute atomic E-state index is 0.0450. The molecule has 0 spiro atoms. The lowest BCUT2D eigenvalue weighted by molar-refractivity contribution is -0.0108. The first-order valence-corrected chi connectivity index (χ1v) is 7.42. The summed E-state index contributed by atoms with van der Waals surface area (Å²) in [6.07, 6.45) is 2.95. The molecule has 2 aromatic heterocycles. The second-order valence-electron chi connectivity index (χ2n) is 5.20. The molecule has 0 aromatic carbocycles. The van der Waals surface area contributed by atoms with Gasteiger partial charge in [0.2, 0.25) is 0 Å². The maximum Gasteiger partial charge on any atom is 0.270 e. The van der Waals surface area contributed by atoms with E-state index in [2.05, 4.69) is 27.1 Å². The monoisotopic (exact) mass is 349 g/mol. The van der Waals surface area contributed by atoms with Crippen LogP contribution in [0, 0.1) is 11.8 Å². The molecule has 1 N–H and O–H groups in total. The minimum Gasteiger partial charge on any atom is -0.342 e. The molecule has 0 saturated heterocycles. The molecule has 0 bridgehead atoms. The molecule has 0 aliphatic rings. The predicted octanol–water partition coefficient (Wildman–Crippen LogP) is 3.30. The highest BCUT2D eigenvalue weighted by molar-refractivity contribution is 6.29. The van der Waals surface area contributed by atoms with E-state index in [4.69, 9.17) is 11.6 Å². The third-order valence-electron chi connectivity index (χ3n) is 3.18. The van der Waals surface area contributed by atoms with E-state index in [1.165, 1.54) is 19.2 Å². The molecule has 2 heterocycles. The van der Waals surface area contributed by atoms with Gasteiger partial charge in [0.05, 0.1) is 6.04 Å². The van der Waals surface area contributed by atoms with Gasteiger partial charge in [-0.15, -0.1) is 0 Å². The third kappa shape index (κ3) is 5.00. The number of nitrogens with one attached hydrogen (secondary N) is 1. The van der Waals surface area contributed by atoms with Gasteiger partial charge in [-0.25, -0.2) is 18.7 Å². The standard InChI is InChI=1S/C17H14ClF2N3O/c1-11(17(2,19)20)23-16(24)14-6-5-13(10-22-14)4-3-12-7-8-21-15(18)9-12/h5-11H,1-2H3,(H,23,24)/t11-/m1/s1. The first-order chi connectivity index (χ1) is 11.3. The highest BCUT2D eigenvalue weighted by Crippen LogP contribution is 2.17. The van der Waals surface area contributed by atoms with Crippen LogP contribution in [0.4, 0.5) is 8.78 Å². The summed E-state index contributed by atoms with van der Waals surface area (Å²) in [4.78, 5) is 19.7. The Morgan fingerprint density at radius 1 is 1.25 bits per heavy atom. The van der Waals surface area contributed by atoms with E-state index < -0.39 is 17.9 Å². The molecule has 2 rings (SSSR count). The molecule has 1 atom stereocenters. The Balaban J connectivity index is 2.07. The van der Waals surface area contributed by atoms with Crippen LogP contribution in [-0.4, -0.2) is 27.8 Å². The van der Waals surface area contributed by atoms with Gasteiger partial charge in [0, 0.05) is 30.4 Å². The molecule has 0 aliphatic carbocycles. The van der Waals surface area contributed by atoms with E-state index in [9.17, 15) is 13.6 Å². The maximum atomic E-state index is 13.1. The average molecular weight is 350 g/mol. The lowest BCUT2D eigenvalue weighted by Gasteiger charge is -2.20. The van der Waals surface area contributed by atoms with E-state index in [0.717, 1.165) is 6.92 Å². The van der Waals surface area contributed by atoms with Crippen molar-refractivity contribution < 1.29 is 13.6 Å². The molecule has 24 heavy (non-hydrogen) atoms. The number of alkyl halides is 2. The number of nitrogens with zero attached hydrogens (tertiary/aromatic N) is 2. The fraction of sp³-hybridized carbons (Fsp3) is 0.235. The summed E-state index contributed by atoms with van der Waals surface area (Å²) in [5.41, 5.74) is 1.31. The molecule has 1 amide bonds. The predicted molar refractivity (Wildman–Crippen MR) is 87.0 cm³/mol. The van der Waals surface area contributed by atoms with Gasteiger partial charge in [0.25, 0.3) is 11.8 Å². The lowest BCUT2D eigenvalue weighted by atomic mass is 10.2. The summed E-state index contributed by atoms with van der Waals surface area (Å²) in [6, 6.07) is 5.06. The number of aromatic nitrogens is 2. The smallest absolute Gasteiger partial charge is 0.270 e. The van der Waals surface area contributed by atoms with Crippen molar-refractivity contribution in [3.63, 3.8) is 0 Å². The van der Waals surface area contributed by atoms with Gasteiger partial charge in [-0.1, -0.05) is 23.4 Å². The topological polar surface area (TPSA) is 54.9 Å². The minimum atomic E-state index is -3.01. The first kappa shape index (κ1) is 17.8. The molecule has 2 aromatic rings. The number of amides is 1. The number of halogens is 3.